The van der Waals surface area contributed by atoms with Crippen molar-refractivity contribution < 1.29 is 4.39 Å². The van der Waals surface area contributed by atoms with E-state index < -0.39 is 0 Å². The second kappa shape index (κ2) is 6.71. The Morgan fingerprint density at radius 3 is 2.80 bits per heavy atom. The summed E-state index contributed by atoms with van der Waals surface area (Å²) in [6.45, 7) is 2.63. The van der Waals surface area contributed by atoms with E-state index >= 15 is 0 Å². The molecule has 0 saturated heterocycles. The maximum atomic E-state index is 12.8. The Hall–Kier alpha value is -1.60. The Labute approximate surface area is 120 Å². The standard InChI is InChI=1S/C13H17FN4OS/c1-2-7-18-12(19)16-17-13(18)20-8-11(15)9-3-5-10(14)6-4-9/h3-6,11H,2,7-8,15H2,1H3,(H,16,19). The third-order valence-electron chi connectivity index (χ3n) is 2.86. The lowest BCUT2D eigenvalue weighted by molar-refractivity contribution is 0.603. The minimum atomic E-state index is -0.280. The van der Waals surface area contributed by atoms with E-state index in [1.165, 1.54) is 23.9 Å². The smallest absolute Gasteiger partial charge is 0.323 e. The summed E-state index contributed by atoms with van der Waals surface area (Å²) in [5.41, 5.74) is 6.71. The maximum absolute atomic E-state index is 12.8. The molecule has 2 aromatic rings. The fraction of sp³-hybridized carbons (Fsp3) is 0.385. The number of aromatic amines is 1. The van der Waals surface area contributed by atoms with Crippen LogP contribution < -0.4 is 11.4 Å². The molecule has 5 nitrogen and oxygen atoms in total. The number of rotatable bonds is 6. The first kappa shape index (κ1) is 14.8. The molecule has 1 unspecified atom stereocenters. The van der Waals surface area contributed by atoms with Gasteiger partial charge in [0.2, 0.25) is 0 Å². The van der Waals surface area contributed by atoms with Gasteiger partial charge in [-0.1, -0.05) is 30.8 Å². The Kier molecular flexibility index (Phi) is 4.97. The number of hydrogen-bond acceptors (Lipinski definition) is 4. The van der Waals surface area contributed by atoms with Crippen molar-refractivity contribution in [3.63, 3.8) is 0 Å². The van der Waals surface area contributed by atoms with Crippen molar-refractivity contribution in [2.75, 3.05) is 5.75 Å². The molecule has 0 aliphatic heterocycles. The van der Waals surface area contributed by atoms with Gasteiger partial charge in [0.1, 0.15) is 5.82 Å². The fourth-order valence-corrected chi connectivity index (χ4v) is 2.77. The molecule has 0 aliphatic carbocycles. The normalized spacial score (nSPS) is 12.6. The fourth-order valence-electron chi connectivity index (χ4n) is 1.80. The largest absolute Gasteiger partial charge is 0.343 e. The zero-order valence-electron chi connectivity index (χ0n) is 11.2. The molecule has 0 fully saturated rings. The number of halogens is 1. The first-order valence-electron chi connectivity index (χ1n) is 6.41. The van der Waals surface area contributed by atoms with Crippen LogP contribution in [-0.4, -0.2) is 20.5 Å². The monoisotopic (exact) mass is 296 g/mol. The lowest BCUT2D eigenvalue weighted by atomic mass is 10.1. The minimum Gasteiger partial charge on any atom is -0.323 e. The number of hydrogen-bond donors (Lipinski definition) is 2. The number of nitrogens with one attached hydrogen (secondary N) is 1. The topological polar surface area (TPSA) is 76.7 Å². The van der Waals surface area contributed by atoms with Gasteiger partial charge in [-0.05, 0) is 24.1 Å². The van der Waals surface area contributed by atoms with Gasteiger partial charge in [-0.2, -0.15) is 0 Å². The molecule has 3 N–H and O–H groups in total. The van der Waals surface area contributed by atoms with Crippen LogP contribution in [0.5, 0.6) is 0 Å². The van der Waals surface area contributed by atoms with E-state index in [0.29, 0.717) is 17.5 Å². The van der Waals surface area contributed by atoms with Gasteiger partial charge in [0.05, 0.1) is 0 Å². The molecule has 1 aromatic heterocycles. The van der Waals surface area contributed by atoms with E-state index in [4.69, 9.17) is 5.73 Å². The Morgan fingerprint density at radius 2 is 2.15 bits per heavy atom. The van der Waals surface area contributed by atoms with Crippen LogP contribution in [0.25, 0.3) is 0 Å². The first-order chi connectivity index (χ1) is 9.61. The van der Waals surface area contributed by atoms with Crippen molar-refractivity contribution in [3.05, 3.63) is 46.1 Å². The van der Waals surface area contributed by atoms with Crippen molar-refractivity contribution in [1.29, 1.82) is 0 Å². The highest BCUT2D eigenvalue weighted by molar-refractivity contribution is 7.99. The van der Waals surface area contributed by atoms with Crippen molar-refractivity contribution >= 4 is 11.8 Å². The second-order valence-corrected chi connectivity index (χ2v) is 5.42. The lowest BCUT2D eigenvalue weighted by Crippen LogP contribution is -2.18. The molecule has 1 atom stereocenters. The molecule has 0 radical (unpaired) electrons. The van der Waals surface area contributed by atoms with Gasteiger partial charge in [0, 0.05) is 18.3 Å². The predicted octanol–water partition coefficient (Wildman–Crippen LogP) is 1.91. The highest BCUT2D eigenvalue weighted by atomic mass is 32.2. The van der Waals surface area contributed by atoms with Crippen LogP contribution in [0.2, 0.25) is 0 Å². The third-order valence-corrected chi connectivity index (χ3v) is 3.96. The molecule has 108 valence electrons. The van der Waals surface area contributed by atoms with Gasteiger partial charge in [0.15, 0.2) is 5.16 Å². The maximum Gasteiger partial charge on any atom is 0.343 e. The van der Waals surface area contributed by atoms with E-state index in [1.54, 1.807) is 16.7 Å². The molecule has 2 rings (SSSR count). The molecular weight excluding hydrogens is 279 g/mol. The van der Waals surface area contributed by atoms with Crippen LogP contribution in [-0.2, 0) is 6.54 Å². The number of benzene rings is 1. The Morgan fingerprint density at radius 1 is 1.45 bits per heavy atom. The van der Waals surface area contributed by atoms with Gasteiger partial charge in [-0.15, -0.1) is 5.10 Å². The van der Waals surface area contributed by atoms with Gasteiger partial charge < -0.3 is 5.73 Å². The number of H-pyrrole nitrogens is 1. The van der Waals surface area contributed by atoms with Crippen LogP contribution in [0.3, 0.4) is 0 Å². The zero-order chi connectivity index (χ0) is 14.5. The summed E-state index contributed by atoms with van der Waals surface area (Å²) >= 11 is 1.42. The van der Waals surface area contributed by atoms with E-state index in [-0.39, 0.29) is 17.5 Å². The van der Waals surface area contributed by atoms with Crippen LogP contribution in [0, 0.1) is 5.82 Å². The highest BCUT2D eigenvalue weighted by Crippen LogP contribution is 2.21. The van der Waals surface area contributed by atoms with Crippen LogP contribution in [0.4, 0.5) is 4.39 Å². The average molecular weight is 296 g/mol. The Balaban J connectivity index is 2.01. The summed E-state index contributed by atoms with van der Waals surface area (Å²) in [5, 5.41) is 7.06. The lowest BCUT2D eigenvalue weighted by Gasteiger charge is -2.11. The van der Waals surface area contributed by atoms with E-state index in [2.05, 4.69) is 10.2 Å². The van der Waals surface area contributed by atoms with Crippen LogP contribution in [0.15, 0.2) is 34.2 Å². The molecule has 0 saturated carbocycles. The minimum absolute atomic E-state index is 0.204. The Bertz CT molecular complexity index is 608. The van der Waals surface area contributed by atoms with Gasteiger partial charge in [0.25, 0.3) is 0 Å². The average Bonchev–Trinajstić information content (AvgIpc) is 2.79. The number of aromatic nitrogens is 3. The molecule has 0 amide bonds. The van der Waals surface area contributed by atoms with E-state index in [1.807, 2.05) is 6.92 Å². The summed E-state index contributed by atoms with van der Waals surface area (Å²) in [4.78, 5) is 11.5. The van der Waals surface area contributed by atoms with Crippen molar-refractivity contribution in [1.82, 2.24) is 14.8 Å². The number of nitrogens with two attached hydrogens (primary N) is 1. The molecular formula is C13H17FN4OS. The summed E-state index contributed by atoms with van der Waals surface area (Å²) < 4.78 is 14.4. The molecule has 7 heteroatoms. The van der Waals surface area contributed by atoms with Crippen molar-refractivity contribution in [2.45, 2.75) is 31.1 Å². The highest BCUT2D eigenvalue weighted by Gasteiger charge is 2.12. The number of thioether (sulfide) groups is 1. The van der Waals surface area contributed by atoms with Crippen molar-refractivity contribution in [2.24, 2.45) is 5.73 Å². The molecule has 20 heavy (non-hydrogen) atoms. The van der Waals surface area contributed by atoms with Gasteiger partial charge >= 0.3 is 5.69 Å². The van der Waals surface area contributed by atoms with Gasteiger partial charge in [-0.3, -0.25) is 4.57 Å². The van der Waals surface area contributed by atoms with Crippen LogP contribution in [0.1, 0.15) is 24.9 Å². The second-order valence-electron chi connectivity index (χ2n) is 4.43. The summed E-state index contributed by atoms with van der Waals surface area (Å²) in [5.74, 6) is 0.289. The molecule has 1 heterocycles. The SMILES string of the molecule is CCCn1c(SCC(N)c2ccc(F)cc2)n[nH]c1=O. The van der Waals surface area contributed by atoms with Crippen molar-refractivity contribution in [3.8, 4) is 0 Å². The summed E-state index contributed by atoms with van der Waals surface area (Å²) in [6, 6.07) is 5.89. The third kappa shape index (κ3) is 3.49. The molecule has 0 aliphatic rings. The molecule has 0 spiro atoms. The summed E-state index contributed by atoms with van der Waals surface area (Å²) in [7, 11) is 0. The molecule has 1 aromatic carbocycles. The van der Waals surface area contributed by atoms with E-state index in [0.717, 1.165) is 12.0 Å². The predicted molar refractivity (Wildman–Crippen MR) is 77.2 cm³/mol. The first-order valence-corrected chi connectivity index (χ1v) is 7.39. The van der Waals surface area contributed by atoms with Crippen LogP contribution >= 0.6 is 11.8 Å². The summed E-state index contributed by atoms with van der Waals surface area (Å²) in [6.07, 6.45) is 0.858. The van der Waals surface area contributed by atoms with E-state index in [9.17, 15) is 9.18 Å². The quantitative estimate of drug-likeness (QED) is 0.798. The number of nitrogens with zero attached hydrogens (tertiary/aromatic N) is 2. The zero-order valence-corrected chi connectivity index (χ0v) is 12.0. The molecule has 0 bridgehead atoms. The van der Waals surface area contributed by atoms with Gasteiger partial charge in [-0.25, -0.2) is 14.3 Å².